The van der Waals surface area contributed by atoms with Crippen LogP contribution in [0.4, 0.5) is 10.5 Å². The average Bonchev–Trinajstić information content (AvgIpc) is 2.80. The summed E-state index contributed by atoms with van der Waals surface area (Å²) in [5.41, 5.74) is 0.883. The van der Waals surface area contributed by atoms with Gasteiger partial charge in [0.05, 0.1) is 0 Å². The first kappa shape index (κ1) is 29.1. The monoisotopic (exact) mass is 461 g/mol. The molecule has 1 rings (SSSR count). The predicted molar refractivity (Wildman–Crippen MR) is 146 cm³/mol. The van der Waals surface area contributed by atoms with Gasteiger partial charge < -0.3 is 5.32 Å². The molecule has 2 nitrogen and oxygen atoms in total. The van der Waals surface area contributed by atoms with Crippen molar-refractivity contribution in [3.05, 3.63) is 30.3 Å². The molecule has 0 unspecified atom stereocenters. The van der Waals surface area contributed by atoms with Crippen LogP contribution < -0.4 is 5.32 Å². The Morgan fingerprint density at radius 2 is 0.969 bits per heavy atom. The second kappa shape index (κ2) is 23.2. The predicted octanol–water partition coefficient (Wildman–Crippen LogP) is 10.8. The van der Waals surface area contributed by atoms with Gasteiger partial charge in [-0.2, -0.15) is 0 Å². The lowest BCUT2D eigenvalue weighted by Crippen LogP contribution is -2.05. The fourth-order valence-electron chi connectivity index (χ4n) is 4.20. The van der Waals surface area contributed by atoms with E-state index in [4.69, 9.17) is 0 Å². The molecule has 0 fully saturated rings. The number of rotatable bonds is 22. The molecule has 0 aromatic heterocycles. The molecule has 0 aliphatic heterocycles. The second-order valence-electron chi connectivity index (χ2n) is 9.34. The summed E-state index contributed by atoms with van der Waals surface area (Å²) in [5, 5.41) is 2.99. The van der Waals surface area contributed by atoms with E-state index < -0.39 is 0 Å². The van der Waals surface area contributed by atoms with Crippen LogP contribution in [0.15, 0.2) is 30.3 Å². The number of unbranched alkanes of at least 4 members (excludes halogenated alkanes) is 19. The molecule has 0 bridgehead atoms. The van der Waals surface area contributed by atoms with Gasteiger partial charge in [-0.05, 0) is 18.6 Å². The highest BCUT2D eigenvalue weighted by Gasteiger charge is 2.02. The smallest absolute Gasteiger partial charge is 0.283 e. The molecule has 0 heterocycles. The van der Waals surface area contributed by atoms with Gasteiger partial charge in [0.1, 0.15) is 0 Å². The van der Waals surface area contributed by atoms with E-state index in [2.05, 4.69) is 12.2 Å². The van der Waals surface area contributed by atoms with Crippen molar-refractivity contribution in [2.24, 2.45) is 0 Å². The van der Waals surface area contributed by atoms with Crippen LogP contribution >= 0.6 is 11.8 Å². The first-order valence-corrected chi connectivity index (χ1v) is 14.8. The van der Waals surface area contributed by atoms with Gasteiger partial charge in [-0.1, -0.05) is 159 Å². The van der Waals surface area contributed by atoms with E-state index in [1.54, 1.807) is 0 Å². The van der Waals surface area contributed by atoms with Crippen molar-refractivity contribution in [1.29, 1.82) is 0 Å². The molecule has 3 heteroatoms. The molecule has 32 heavy (non-hydrogen) atoms. The number of carbonyl (C=O) groups excluding carboxylic acids is 1. The van der Waals surface area contributed by atoms with Crippen LogP contribution in [-0.4, -0.2) is 11.0 Å². The number of para-hydroxylation sites is 1. The fourth-order valence-corrected chi connectivity index (χ4v) is 4.92. The van der Waals surface area contributed by atoms with Gasteiger partial charge in [0, 0.05) is 11.4 Å². The van der Waals surface area contributed by atoms with Gasteiger partial charge >= 0.3 is 0 Å². The van der Waals surface area contributed by atoms with Crippen molar-refractivity contribution < 1.29 is 4.79 Å². The summed E-state index contributed by atoms with van der Waals surface area (Å²) in [4.78, 5) is 11.9. The Kier molecular flexibility index (Phi) is 21.1. The molecule has 0 spiro atoms. The molecule has 184 valence electrons. The Bertz CT molecular complexity index is 519. The topological polar surface area (TPSA) is 29.1 Å². The van der Waals surface area contributed by atoms with Crippen molar-refractivity contribution in [2.45, 2.75) is 135 Å². The van der Waals surface area contributed by atoms with Gasteiger partial charge in [-0.25, -0.2) is 0 Å². The van der Waals surface area contributed by atoms with Crippen molar-refractivity contribution in [3.8, 4) is 0 Å². The molecule has 1 N–H and O–H groups in total. The maximum absolute atomic E-state index is 11.9. The van der Waals surface area contributed by atoms with Crippen LogP contribution in [0.5, 0.6) is 0 Å². The minimum absolute atomic E-state index is 0.0639. The van der Waals surface area contributed by atoms with E-state index in [1.165, 1.54) is 134 Å². The first-order valence-electron chi connectivity index (χ1n) is 13.8. The summed E-state index contributed by atoms with van der Waals surface area (Å²) >= 11 is 1.41. The van der Waals surface area contributed by atoms with Crippen molar-refractivity contribution in [3.63, 3.8) is 0 Å². The maximum Gasteiger partial charge on any atom is 0.283 e. The number of nitrogens with one attached hydrogen (secondary N) is 1. The molecule has 1 aromatic carbocycles. The number of anilines is 1. The number of carbonyl (C=O) groups is 1. The molecule has 0 atom stereocenters. The van der Waals surface area contributed by atoms with Crippen LogP contribution in [0.1, 0.15) is 135 Å². The summed E-state index contributed by atoms with van der Waals surface area (Å²) in [7, 11) is 0. The van der Waals surface area contributed by atoms with Gasteiger partial charge in [0.2, 0.25) is 0 Å². The van der Waals surface area contributed by atoms with E-state index in [1.807, 2.05) is 30.3 Å². The SMILES string of the molecule is CCCCCCCCCCCCCCCCCCCCCCSC(=O)Nc1ccccc1. The quantitative estimate of drug-likeness (QED) is 0.174. The van der Waals surface area contributed by atoms with Crippen LogP contribution in [0.3, 0.4) is 0 Å². The standard InChI is InChI=1S/C29H51NOS/c1-2-3-4-5-6-7-8-9-10-11-12-13-14-15-16-17-18-19-20-24-27-32-29(31)30-28-25-22-21-23-26-28/h21-23,25-26H,2-20,24,27H2,1H3,(H,30,31). The molecule has 0 aliphatic carbocycles. The van der Waals surface area contributed by atoms with Crippen molar-refractivity contribution in [2.75, 3.05) is 11.1 Å². The first-order chi connectivity index (χ1) is 15.8. The summed E-state index contributed by atoms with van der Waals surface area (Å²) in [6.45, 7) is 2.29. The molecule has 0 saturated heterocycles. The average molecular weight is 462 g/mol. The Morgan fingerprint density at radius 3 is 1.38 bits per heavy atom. The normalized spacial score (nSPS) is 11.0. The van der Waals surface area contributed by atoms with Gasteiger partial charge in [-0.3, -0.25) is 4.79 Å². The Balaban J connectivity index is 1.70. The van der Waals surface area contributed by atoms with Crippen LogP contribution in [0.2, 0.25) is 0 Å². The lowest BCUT2D eigenvalue weighted by Gasteiger charge is -2.05. The fraction of sp³-hybridized carbons (Fsp3) is 0.759. The number of hydrogen-bond donors (Lipinski definition) is 1. The Hall–Kier alpha value is -0.960. The lowest BCUT2D eigenvalue weighted by molar-refractivity contribution is 0.269. The molecule has 0 radical (unpaired) electrons. The highest BCUT2D eigenvalue weighted by molar-refractivity contribution is 8.13. The molecule has 0 saturated carbocycles. The van der Waals surface area contributed by atoms with Gasteiger partial charge in [-0.15, -0.1) is 0 Å². The van der Waals surface area contributed by atoms with E-state index in [-0.39, 0.29) is 5.24 Å². The summed E-state index contributed by atoms with van der Waals surface area (Å²) < 4.78 is 0. The van der Waals surface area contributed by atoms with Crippen molar-refractivity contribution >= 4 is 22.7 Å². The largest absolute Gasteiger partial charge is 0.317 e. The van der Waals surface area contributed by atoms with Crippen LogP contribution in [0.25, 0.3) is 0 Å². The van der Waals surface area contributed by atoms with E-state index >= 15 is 0 Å². The number of amides is 1. The molecular weight excluding hydrogens is 410 g/mol. The molecule has 1 aromatic rings. The Morgan fingerprint density at radius 1 is 0.594 bits per heavy atom. The maximum atomic E-state index is 11.9. The van der Waals surface area contributed by atoms with E-state index in [0.29, 0.717) is 0 Å². The zero-order valence-corrected chi connectivity index (χ0v) is 21.9. The highest BCUT2D eigenvalue weighted by Crippen LogP contribution is 2.16. The highest BCUT2D eigenvalue weighted by atomic mass is 32.2. The second-order valence-corrected chi connectivity index (χ2v) is 10.4. The third-order valence-electron chi connectivity index (χ3n) is 6.25. The molecular formula is C29H51NOS. The lowest BCUT2D eigenvalue weighted by atomic mass is 10.0. The Labute approximate surface area is 204 Å². The zero-order valence-electron chi connectivity index (χ0n) is 21.1. The van der Waals surface area contributed by atoms with Crippen LogP contribution in [-0.2, 0) is 0 Å². The summed E-state index contributed by atoms with van der Waals surface area (Å²) in [5.74, 6) is 0.928. The van der Waals surface area contributed by atoms with Crippen LogP contribution in [0, 0.1) is 0 Å². The van der Waals surface area contributed by atoms with Gasteiger partial charge in [0.15, 0.2) is 0 Å². The number of hydrogen-bond acceptors (Lipinski definition) is 2. The van der Waals surface area contributed by atoms with E-state index in [0.717, 1.165) is 17.9 Å². The minimum atomic E-state index is 0.0639. The van der Waals surface area contributed by atoms with Crippen molar-refractivity contribution in [1.82, 2.24) is 0 Å². The van der Waals surface area contributed by atoms with Gasteiger partial charge in [0.25, 0.3) is 5.24 Å². The number of thioether (sulfide) groups is 1. The summed E-state index contributed by atoms with van der Waals surface area (Å²) in [6.07, 6.45) is 28.1. The zero-order chi connectivity index (χ0) is 23.0. The minimum Gasteiger partial charge on any atom is -0.317 e. The summed E-state index contributed by atoms with van der Waals surface area (Å²) in [6, 6.07) is 9.70. The van der Waals surface area contributed by atoms with E-state index in [9.17, 15) is 4.79 Å². The molecule has 1 amide bonds. The third-order valence-corrected chi connectivity index (χ3v) is 7.11. The molecule has 0 aliphatic rings. The third kappa shape index (κ3) is 19.7. The number of benzene rings is 1.